The quantitative estimate of drug-likeness (QED) is 0.850. The molecule has 0 fully saturated rings. The van der Waals surface area contributed by atoms with E-state index in [2.05, 4.69) is 31.0 Å². The Morgan fingerprint density at radius 1 is 1.61 bits per heavy atom. The third kappa shape index (κ3) is 2.33. The van der Waals surface area contributed by atoms with Crippen molar-refractivity contribution in [3.05, 3.63) is 39.1 Å². The molecule has 0 aliphatic carbocycles. The van der Waals surface area contributed by atoms with Gasteiger partial charge in [-0.3, -0.25) is 4.79 Å². The highest BCUT2D eigenvalue weighted by Gasteiger charge is 2.13. The topological polar surface area (TPSA) is 89.9 Å². The number of aromatic amines is 1. The molecule has 0 saturated carbocycles. The molecule has 7 nitrogen and oxygen atoms in total. The van der Waals surface area contributed by atoms with Crippen LogP contribution in [-0.4, -0.2) is 32.3 Å². The van der Waals surface area contributed by atoms with Crippen LogP contribution in [0.3, 0.4) is 0 Å². The fourth-order valence-electron chi connectivity index (χ4n) is 1.29. The van der Waals surface area contributed by atoms with Crippen LogP contribution in [0.1, 0.15) is 17.3 Å². The van der Waals surface area contributed by atoms with Gasteiger partial charge < -0.3 is 9.72 Å². The lowest BCUT2D eigenvalue weighted by atomic mass is 10.4. The minimum atomic E-state index is -0.468. The first-order valence-electron chi connectivity index (χ1n) is 5.08. The molecule has 0 bridgehead atoms. The summed E-state index contributed by atoms with van der Waals surface area (Å²) in [4.78, 5) is 29.2. The molecule has 2 heterocycles. The summed E-state index contributed by atoms with van der Waals surface area (Å²) in [5.74, 6) is -0.168. The molecule has 94 valence electrons. The summed E-state index contributed by atoms with van der Waals surface area (Å²) in [5.41, 5.74) is -0.0287. The predicted molar refractivity (Wildman–Crippen MR) is 65.6 cm³/mol. The van der Waals surface area contributed by atoms with Crippen LogP contribution in [0, 0.1) is 0 Å². The number of halogens is 1. The zero-order valence-electron chi connectivity index (χ0n) is 9.38. The average Bonchev–Trinajstić information content (AvgIpc) is 2.82. The number of carbonyl (C=O) groups excluding carboxylic acids is 1. The Labute approximate surface area is 110 Å². The van der Waals surface area contributed by atoms with Crippen LogP contribution in [-0.2, 0) is 4.74 Å². The van der Waals surface area contributed by atoms with Crippen LogP contribution < -0.4 is 5.56 Å². The largest absolute Gasteiger partial charge is 0.462 e. The Bertz CT molecular complexity index is 634. The molecular formula is C10H9BrN4O3. The molecule has 1 N–H and O–H groups in total. The van der Waals surface area contributed by atoms with Gasteiger partial charge in [-0.05, 0) is 22.9 Å². The maximum absolute atomic E-state index is 11.5. The summed E-state index contributed by atoms with van der Waals surface area (Å²) in [6.07, 6.45) is 4.06. The van der Waals surface area contributed by atoms with Crippen molar-refractivity contribution in [2.75, 3.05) is 6.61 Å². The molecule has 0 unspecified atom stereocenters. The van der Waals surface area contributed by atoms with E-state index in [-0.39, 0.29) is 16.6 Å². The van der Waals surface area contributed by atoms with Gasteiger partial charge in [0.1, 0.15) is 4.47 Å². The summed E-state index contributed by atoms with van der Waals surface area (Å²) >= 11 is 3.11. The van der Waals surface area contributed by atoms with Crippen molar-refractivity contribution in [1.82, 2.24) is 19.7 Å². The van der Waals surface area contributed by atoms with E-state index in [4.69, 9.17) is 4.74 Å². The molecule has 0 atom stereocenters. The van der Waals surface area contributed by atoms with Crippen molar-refractivity contribution in [3.8, 4) is 5.82 Å². The maximum atomic E-state index is 11.5. The van der Waals surface area contributed by atoms with Crippen LogP contribution in [0.2, 0.25) is 0 Å². The van der Waals surface area contributed by atoms with Gasteiger partial charge in [0, 0.05) is 6.20 Å². The zero-order valence-corrected chi connectivity index (χ0v) is 11.0. The lowest BCUT2D eigenvalue weighted by Gasteiger charge is -2.01. The summed E-state index contributed by atoms with van der Waals surface area (Å²) in [5, 5.41) is 3.96. The van der Waals surface area contributed by atoms with Gasteiger partial charge in [-0.25, -0.2) is 14.5 Å². The molecule has 0 aliphatic heterocycles. The summed E-state index contributed by atoms with van der Waals surface area (Å²) in [7, 11) is 0. The van der Waals surface area contributed by atoms with Crippen molar-refractivity contribution >= 4 is 21.9 Å². The minimum Gasteiger partial charge on any atom is -0.462 e. The first kappa shape index (κ1) is 12.5. The van der Waals surface area contributed by atoms with E-state index < -0.39 is 5.97 Å². The Kier molecular flexibility index (Phi) is 3.56. The van der Waals surface area contributed by atoms with Crippen LogP contribution in [0.5, 0.6) is 0 Å². The van der Waals surface area contributed by atoms with Crippen molar-refractivity contribution in [1.29, 1.82) is 0 Å². The van der Waals surface area contributed by atoms with Crippen molar-refractivity contribution in [2.24, 2.45) is 0 Å². The number of nitrogens with one attached hydrogen (secondary N) is 1. The molecule has 0 spiro atoms. The Hall–Kier alpha value is -1.96. The van der Waals surface area contributed by atoms with Crippen molar-refractivity contribution in [3.63, 3.8) is 0 Å². The third-order valence-corrected chi connectivity index (χ3v) is 2.80. The van der Waals surface area contributed by atoms with Crippen LogP contribution >= 0.6 is 15.9 Å². The SMILES string of the molecule is CCOC(=O)c1cnn(-c2nc[nH]c(=O)c2Br)c1. The number of rotatable bonds is 3. The van der Waals surface area contributed by atoms with Gasteiger partial charge in [-0.15, -0.1) is 0 Å². The number of ether oxygens (including phenoxy) is 1. The lowest BCUT2D eigenvalue weighted by Crippen LogP contribution is -2.12. The second-order valence-corrected chi connectivity index (χ2v) is 4.06. The van der Waals surface area contributed by atoms with Crippen LogP contribution in [0.4, 0.5) is 0 Å². The monoisotopic (exact) mass is 312 g/mol. The smallest absolute Gasteiger partial charge is 0.341 e. The molecule has 0 aliphatic rings. The fraction of sp³-hybridized carbons (Fsp3) is 0.200. The number of hydrogen-bond donors (Lipinski definition) is 1. The minimum absolute atomic E-state index is 0.239. The number of H-pyrrole nitrogens is 1. The Balaban J connectivity index is 2.38. The Morgan fingerprint density at radius 2 is 2.39 bits per heavy atom. The highest BCUT2D eigenvalue weighted by molar-refractivity contribution is 9.10. The standard InChI is InChI=1S/C10H9BrN4O3/c1-2-18-10(17)6-3-14-15(4-6)8-7(11)9(16)13-5-12-8/h3-5H,2H2,1H3,(H,12,13,16). The molecule has 2 aromatic rings. The van der Waals surface area contributed by atoms with Gasteiger partial charge in [0.2, 0.25) is 0 Å². The van der Waals surface area contributed by atoms with E-state index in [1.807, 2.05) is 0 Å². The molecule has 0 radical (unpaired) electrons. The first-order chi connectivity index (χ1) is 8.63. The lowest BCUT2D eigenvalue weighted by molar-refractivity contribution is 0.0526. The second kappa shape index (κ2) is 5.13. The van der Waals surface area contributed by atoms with Crippen LogP contribution in [0.25, 0.3) is 5.82 Å². The van der Waals surface area contributed by atoms with E-state index in [9.17, 15) is 9.59 Å². The number of aromatic nitrogens is 4. The fourth-order valence-corrected chi connectivity index (χ4v) is 1.69. The van der Waals surface area contributed by atoms with Gasteiger partial charge in [-0.2, -0.15) is 5.10 Å². The summed E-state index contributed by atoms with van der Waals surface area (Å²) < 4.78 is 6.40. The van der Waals surface area contributed by atoms with Gasteiger partial charge in [0.15, 0.2) is 5.82 Å². The van der Waals surface area contributed by atoms with Gasteiger partial charge in [0.05, 0.1) is 24.7 Å². The summed E-state index contributed by atoms with van der Waals surface area (Å²) in [6, 6.07) is 0. The summed E-state index contributed by atoms with van der Waals surface area (Å²) in [6.45, 7) is 2.01. The van der Waals surface area contributed by atoms with E-state index in [0.29, 0.717) is 11.4 Å². The second-order valence-electron chi connectivity index (χ2n) is 3.26. The van der Waals surface area contributed by atoms with Crippen LogP contribution in [0.15, 0.2) is 28.0 Å². The molecule has 0 aromatic carbocycles. The van der Waals surface area contributed by atoms with Gasteiger partial charge in [0.25, 0.3) is 5.56 Å². The molecular weight excluding hydrogens is 304 g/mol. The molecule has 2 rings (SSSR count). The van der Waals surface area contributed by atoms with E-state index in [1.54, 1.807) is 6.92 Å². The number of esters is 1. The van der Waals surface area contributed by atoms with Crippen molar-refractivity contribution < 1.29 is 9.53 Å². The van der Waals surface area contributed by atoms with Gasteiger partial charge >= 0.3 is 5.97 Å². The average molecular weight is 313 g/mol. The third-order valence-electron chi connectivity index (χ3n) is 2.09. The first-order valence-corrected chi connectivity index (χ1v) is 5.88. The highest BCUT2D eigenvalue weighted by atomic mass is 79.9. The maximum Gasteiger partial charge on any atom is 0.341 e. The van der Waals surface area contributed by atoms with E-state index >= 15 is 0 Å². The number of carbonyl (C=O) groups is 1. The molecule has 0 saturated heterocycles. The number of nitrogens with zero attached hydrogens (tertiary/aromatic N) is 3. The van der Waals surface area contributed by atoms with Gasteiger partial charge in [-0.1, -0.05) is 0 Å². The molecule has 2 aromatic heterocycles. The molecule has 8 heteroatoms. The predicted octanol–water partition coefficient (Wildman–Crippen LogP) is 0.895. The van der Waals surface area contributed by atoms with E-state index in [1.165, 1.54) is 23.4 Å². The zero-order chi connectivity index (χ0) is 13.1. The highest BCUT2D eigenvalue weighted by Crippen LogP contribution is 2.13. The number of hydrogen-bond acceptors (Lipinski definition) is 5. The normalized spacial score (nSPS) is 10.3. The van der Waals surface area contributed by atoms with Crippen molar-refractivity contribution in [2.45, 2.75) is 6.92 Å². The Morgan fingerprint density at radius 3 is 3.11 bits per heavy atom. The molecule has 0 amide bonds. The molecule has 18 heavy (non-hydrogen) atoms. The van der Waals surface area contributed by atoms with E-state index in [0.717, 1.165) is 0 Å².